The minimum Gasteiger partial charge on any atom is -0.399 e. The van der Waals surface area contributed by atoms with Gasteiger partial charge in [0.2, 0.25) is 0 Å². The molecule has 0 saturated heterocycles. The van der Waals surface area contributed by atoms with Crippen molar-refractivity contribution < 1.29 is 0 Å². The Morgan fingerprint density at radius 1 is 0.484 bits per heavy atom. The number of anilines is 1. The number of fused-ring (bicyclic) bond motifs is 2. The fraction of sp³-hybridized carbons (Fsp3) is 0. The number of nitrogens with zero attached hydrogens (tertiary/aromatic N) is 2. The molecule has 4 aromatic carbocycles. The molecule has 0 saturated carbocycles. The Morgan fingerprint density at radius 3 is 1.45 bits per heavy atom. The van der Waals surface area contributed by atoms with E-state index in [-0.39, 0.29) is 0 Å². The van der Waals surface area contributed by atoms with Crippen LogP contribution in [-0.2, 0) is 0 Å². The maximum Gasteiger partial charge on any atom is 0.124 e. The molecule has 2 heterocycles. The Morgan fingerprint density at radius 2 is 0.935 bits per heavy atom. The van der Waals surface area contributed by atoms with E-state index < -0.39 is 0 Å². The Bertz CT molecular complexity index is 1370. The number of thiazole rings is 2. The fourth-order valence-corrected chi connectivity index (χ4v) is 5.14. The molecular formula is C26H19N3S2. The Kier molecular flexibility index (Phi) is 5.44. The number of para-hydroxylation sites is 2. The van der Waals surface area contributed by atoms with Crippen molar-refractivity contribution in [2.75, 3.05) is 5.73 Å². The van der Waals surface area contributed by atoms with Crippen molar-refractivity contribution in [2.45, 2.75) is 0 Å². The van der Waals surface area contributed by atoms with Crippen molar-refractivity contribution in [3.05, 3.63) is 103 Å². The van der Waals surface area contributed by atoms with Crippen LogP contribution in [0, 0.1) is 0 Å². The second-order valence-electron chi connectivity index (χ2n) is 6.96. The molecule has 0 aliphatic carbocycles. The normalized spacial score (nSPS) is 10.7. The lowest BCUT2D eigenvalue weighted by molar-refractivity contribution is 1.48. The number of benzene rings is 4. The standard InChI is InChI=1S/C13H10N2S.C13H9NS/c14-10-7-5-9(6-8-10)13-15-11-3-1-2-4-12(11)16-13;1-2-6-10(7-3-1)13-14-11-8-4-5-9-12(11)15-13/h1-8H,14H2;1-9H. The highest BCUT2D eigenvalue weighted by Crippen LogP contribution is 2.30. The van der Waals surface area contributed by atoms with Gasteiger partial charge in [-0.2, -0.15) is 0 Å². The third-order valence-corrected chi connectivity index (χ3v) is 6.94. The van der Waals surface area contributed by atoms with Crippen LogP contribution in [0.25, 0.3) is 41.6 Å². The predicted octanol–water partition coefficient (Wildman–Crippen LogP) is 7.51. The van der Waals surface area contributed by atoms with Gasteiger partial charge in [-0.05, 0) is 48.5 Å². The summed E-state index contributed by atoms with van der Waals surface area (Å²) in [5, 5.41) is 2.14. The van der Waals surface area contributed by atoms with Crippen LogP contribution in [0.4, 0.5) is 5.69 Å². The summed E-state index contributed by atoms with van der Waals surface area (Å²) in [7, 11) is 0. The number of hydrogen-bond donors (Lipinski definition) is 1. The van der Waals surface area contributed by atoms with Gasteiger partial charge in [-0.1, -0.05) is 54.6 Å². The van der Waals surface area contributed by atoms with Crippen molar-refractivity contribution in [3.8, 4) is 21.1 Å². The number of nitrogens with two attached hydrogens (primary N) is 1. The summed E-state index contributed by atoms with van der Waals surface area (Å²) in [6.45, 7) is 0. The summed E-state index contributed by atoms with van der Waals surface area (Å²) < 4.78 is 2.46. The van der Waals surface area contributed by atoms with Crippen molar-refractivity contribution in [3.63, 3.8) is 0 Å². The van der Waals surface area contributed by atoms with E-state index in [2.05, 4.69) is 46.4 Å². The Balaban J connectivity index is 0.000000132. The van der Waals surface area contributed by atoms with Gasteiger partial charge in [0, 0.05) is 16.8 Å². The lowest BCUT2D eigenvalue weighted by atomic mass is 10.2. The first-order valence-electron chi connectivity index (χ1n) is 9.89. The van der Waals surface area contributed by atoms with E-state index in [9.17, 15) is 0 Å². The molecule has 0 atom stereocenters. The van der Waals surface area contributed by atoms with E-state index in [1.807, 2.05) is 66.7 Å². The summed E-state index contributed by atoms with van der Waals surface area (Å²) in [5.41, 5.74) is 10.9. The highest BCUT2D eigenvalue weighted by Gasteiger charge is 2.05. The molecule has 3 nitrogen and oxygen atoms in total. The lowest BCUT2D eigenvalue weighted by Gasteiger charge is -1.95. The molecule has 6 aromatic rings. The zero-order valence-corrected chi connectivity index (χ0v) is 18.2. The van der Waals surface area contributed by atoms with Gasteiger partial charge in [-0.15, -0.1) is 22.7 Å². The SMILES string of the molecule is Nc1ccc(-c2nc3ccccc3s2)cc1.c1ccc(-c2nc3ccccc3s2)cc1. The van der Waals surface area contributed by atoms with Gasteiger partial charge >= 0.3 is 0 Å². The molecule has 0 radical (unpaired) electrons. The Labute approximate surface area is 188 Å². The van der Waals surface area contributed by atoms with Crippen LogP contribution in [0.5, 0.6) is 0 Å². The van der Waals surface area contributed by atoms with Crippen LogP contribution >= 0.6 is 22.7 Å². The zero-order valence-electron chi connectivity index (χ0n) is 16.6. The molecule has 0 aliphatic rings. The van der Waals surface area contributed by atoms with Crippen LogP contribution in [0.15, 0.2) is 103 Å². The summed E-state index contributed by atoms with van der Waals surface area (Å²) in [5.74, 6) is 0. The van der Waals surface area contributed by atoms with Crippen molar-refractivity contribution >= 4 is 48.8 Å². The highest BCUT2D eigenvalue weighted by molar-refractivity contribution is 7.22. The molecule has 0 amide bonds. The average molecular weight is 438 g/mol. The molecule has 2 aromatic heterocycles. The van der Waals surface area contributed by atoms with Gasteiger partial charge in [0.1, 0.15) is 10.0 Å². The molecule has 0 spiro atoms. The van der Waals surface area contributed by atoms with E-state index >= 15 is 0 Å². The molecule has 6 rings (SSSR count). The average Bonchev–Trinajstić information content (AvgIpc) is 3.45. The van der Waals surface area contributed by atoms with Gasteiger partial charge < -0.3 is 5.73 Å². The first-order chi connectivity index (χ1) is 15.3. The lowest BCUT2D eigenvalue weighted by Crippen LogP contribution is -1.83. The summed E-state index contributed by atoms with van der Waals surface area (Å²) in [4.78, 5) is 9.19. The third kappa shape index (κ3) is 4.33. The summed E-state index contributed by atoms with van der Waals surface area (Å²) >= 11 is 3.44. The maximum absolute atomic E-state index is 5.66. The van der Waals surface area contributed by atoms with Crippen molar-refractivity contribution in [2.24, 2.45) is 0 Å². The minimum absolute atomic E-state index is 0.782. The molecular weight excluding hydrogens is 418 g/mol. The number of hydrogen-bond acceptors (Lipinski definition) is 5. The van der Waals surface area contributed by atoms with E-state index in [4.69, 9.17) is 5.73 Å². The van der Waals surface area contributed by atoms with Gasteiger partial charge in [0.05, 0.1) is 20.4 Å². The van der Waals surface area contributed by atoms with Crippen LogP contribution in [0.2, 0.25) is 0 Å². The van der Waals surface area contributed by atoms with Gasteiger partial charge in [0.15, 0.2) is 0 Å². The number of aromatic nitrogens is 2. The highest BCUT2D eigenvalue weighted by atomic mass is 32.1. The van der Waals surface area contributed by atoms with Gasteiger partial charge in [-0.25, -0.2) is 9.97 Å². The molecule has 0 bridgehead atoms. The molecule has 5 heteroatoms. The molecule has 150 valence electrons. The molecule has 0 aliphatic heterocycles. The summed E-state index contributed by atoms with van der Waals surface area (Å²) in [6, 6.07) is 34.5. The van der Waals surface area contributed by atoms with Gasteiger partial charge in [-0.3, -0.25) is 0 Å². The number of rotatable bonds is 2. The van der Waals surface area contributed by atoms with E-state index in [0.717, 1.165) is 32.3 Å². The fourth-order valence-electron chi connectivity index (χ4n) is 3.20. The smallest absolute Gasteiger partial charge is 0.124 e. The van der Waals surface area contributed by atoms with Crippen LogP contribution in [0.3, 0.4) is 0 Å². The maximum atomic E-state index is 5.66. The summed E-state index contributed by atoms with van der Waals surface area (Å²) in [6.07, 6.45) is 0. The molecule has 0 unspecified atom stereocenters. The predicted molar refractivity (Wildman–Crippen MR) is 135 cm³/mol. The Hall–Kier alpha value is -3.54. The molecule has 31 heavy (non-hydrogen) atoms. The van der Waals surface area contributed by atoms with E-state index in [1.54, 1.807) is 22.7 Å². The number of nitrogen functional groups attached to an aromatic ring is 1. The van der Waals surface area contributed by atoms with Crippen LogP contribution < -0.4 is 5.73 Å². The van der Waals surface area contributed by atoms with Gasteiger partial charge in [0.25, 0.3) is 0 Å². The zero-order chi connectivity index (χ0) is 21.0. The van der Waals surface area contributed by atoms with Crippen LogP contribution in [-0.4, -0.2) is 9.97 Å². The monoisotopic (exact) mass is 437 g/mol. The first-order valence-corrected chi connectivity index (χ1v) is 11.5. The van der Waals surface area contributed by atoms with Crippen LogP contribution in [0.1, 0.15) is 0 Å². The molecule has 0 fully saturated rings. The second-order valence-corrected chi connectivity index (χ2v) is 9.02. The van der Waals surface area contributed by atoms with Crippen molar-refractivity contribution in [1.29, 1.82) is 0 Å². The topological polar surface area (TPSA) is 51.8 Å². The second kappa shape index (κ2) is 8.68. The van der Waals surface area contributed by atoms with Crippen molar-refractivity contribution in [1.82, 2.24) is 9.97 Å². The molecule has 2 N–H and O–H groups in total. The van der Waals surface area contributed by atoms with E-state index in [1.165, 1.54) is 15.0 Å². The largest absolute Gasteiger partial charge is 0.399 e. The van der Waals surface area contributed by atoms with E-state index in [0.29, 0.717) is 0 Å². The first kappa shape index (κ1) is 19.4. The third-order valence-electron chi connectivity index (χ3n) is 4.77. The minimum atomic E-state index is 0.782. The quantitative estimate of drug-likeness (QED) is 0.285.